The lowest BCUT2D eigenvalue weighted by atomic mass is 9.86. The number of halogens is 3. The van der Waals surface area contributed by atoms with Crippen LogP contribution in [0.5, 0.6) is 0 Å². The molecule has 1 aliphatic carbocycles. The Morgan fingerprint density at radius 1 is 1.05 bits per heavy atom. The van der Waals surface area contributed by atoms with Gasteiger partial charge in [-0.25, -0.2) is 0 Å². The summed E-state index contributed by atoms with van der Waals surface area (Å²) in [5.74, 6) is 0. The van der Waals surface area contributed by atoms with E-state index < -0.39 is 11.7 Å². The third kappa shape index (κ3) is 2.70. The van der Waals surface area contributed by atoms with Crippen LogP contribution in [0.1, 0.15) is 43.0 Å². The summed E-state index contributed by atoms with van der Waals surface area (Å²) >= 11 is 0. The number of hydrogen-bond acceptors (Lipinski definition) is 1. The SMILES string of the molecule is CC1(C)CC(Nc2cccc(C(F)(F)F)c2)c2ccccc21. The Labute approximate surface area is 128 Å². The van der Waals surface area contributed by atoms with Crippen molar-refractivity contribution < 1.29 is 13.2 Å². The van der Waals surface area contributed by atoms with E-state index in [1.807, 2.05) is 12.1 Å². The zero-order valence-corrected chi connectivity index (χ0v) is 12.5. The predicted molar refractivity (Wildman–Crippen MR) is 81.9 cm³/mol. The zero-order chi connectivity index (χ0) is 16.0. The molecule has 1 nitrogen and oxygen atoms in total. The molecule has 0 heterocycles. The molecular formula is C18H18F3N. The molecule has 3 rings (SSSR count). The van der Waals surface area contributed by atoms with Gasteiger partial charge in [-0.15, -0.1) is 0 Å². The molecular weight excluding hydrogens is 287 g/mol. The lowest BCUT2D eigenvalue weighted by Gasteiger charge is -2.20. The first-order chi connectivity index (χ1) is 10.3. The third-order valence-corrected chi connectivity index (χ3v) is 4.31. The van der Waals surface area contributed by atoms with Crippen LogP contribution in [-0.4, -0.2) is 0 Å². The average Bonchev–Trinajstić information content (AvgIpc) is 2.70. The highest BCUT2D eigenvalue weighted by molar-refractivity contribution is 5.52. The molecule has 0 amide bonds. The second-order valence-corrected chi connectivity index (χ2v) is 6.45. The molecule has 0 radical (unpaired) electrons. The van der Waals surface area contributed by atoms with Crippen molar-refractivity contribution in [3.8, 4) is 0 Å². The van der Waals surface area contributed by atoms with E-state index in [1.165, 1.54) is 23.3 Å². The van der Waals surface area contributed by atoms with E-state index in [1.54, 1.807) is 6.07 Å². The molecule has 0 spiro atoms. The fourth-order valence-corrected chi connectivity index (χ4v) is 3.26. The van der Waals surface area contributed by atoms with E-state index >= 15 is 0 Å². The van der Waals surface area contributed by atoms with Crippen molar-refractivity contribution >= 4 is 5.69 Å². The van der Waals surface area contributed by atoms with E-state index in [9.17, 15) is 13.2 Å². The highest BCUT2D eigenvalue weighted by Gasteiger charge is 2.36. The van der Waals surface area contributed by atoms with Gasteiger partial charge in [0.15, 0.2) is 0 Å². The van der Waals surface area contributed by atoms with Crippen LogP contribution < -0.4 is 5.32 Å². The predicted octanol–water partition coefficient (Wildman–Crippen LogP) is 5.54. The summed E-state index contributed by atoms with van der Waals surface area (Å²) in [5.41, 5.74) is 2.34. The van der Waals surface area contributed by atoms with Gasteiger partial charge in [-0.3, -0.25) is 0 Å². The number of nitrogens with one attached hydrogen (secondary N) is 1. The Kier molecular flexibility index (Phi) is 3.42. The molecule has 0 saturated heterocycles. The molecule has 2 aromatic carbocycles. The Morgan fingerprint density at radius 3 is 2.50 bits per heavy atom. The van der Waals surface area contributed by atoms with E-state index in [4.69, 9.17) is 0 Å². The summed E-state index contributed by atoms with van der Waals surface area (Å²) in [7, 11) is 0. The lowest BCUT2D eigenvalue weighted by molar-refractivity contribution is -0.137. The van der Waals surface area contributed by atoms with Crippen LogP contribution in [0.4, 0.5) is 18.9 Å². The lowest BCUT2D eigenvalue weighted by Crippen LogP contribution is -2.14. The van der Waals surface area contributed by atoms with Crippen LogP contribution in [0, 0.1) is 0 Å². The van der Waals surface area contributed by atoms with Crippen molar-refractivity contribution in [3.05, 3.63) is 65.2 Å². The van der Waals surface area contributed by atoms with Gasteiger partial charge in [-0.1, -0.05) is 44.2 Å². The molecule has 1 unspecified atom stereocenters. The number of hydrogen-bond donors (Lipinski definition) is 1. The Morgan fingerprint density at radius 2 is 1.77 bits per heavy atom. The van der Waals surface area contributed by atoms with Crippen molar-refractivity contribution in [1.82, 2.24) is 0 Å². The van der Waals surface area contributed by atoms with Gasteiger partial charge in [0, 0.05) is 5.69 Å². The first-order valence-electron chi connectivity index (χ1n) is 7.30. The summed E-state index contributed by atoms with van der Waals surface area (Å²) in [5, 5.41) is 3.27. The monoisotopic (exact) mass is 305 g/mol. The van der Waals surface area contributed by atoms with Crippen LogP contribution in [-0.2, 0) is 11.6 Å². The van der Waals surface area contributed by atoms with Crippen molar-refractivity contribution in [2.24, 2.45) is 0 Å². The van der Waals surface area contributed by atoms with Gasteiger partial charge in [-0.2, -0.15) is 13.2 Å². The molecule has 0 aromatic heterocycles. The van der Waals surface area contributed by atoms with Crippen LogP contribution in [0.3, 0.4) is 0 Å². The smallest absolute Gasteiger partial charge is 0.378 e. The minimum atomic E-state index is -4.31. The Bertz CT molecular complexity index is 689. The van der Waals surface area contributed by atoms with Gasteiger partial charge in [0.1, 0.15) is 0 Å². The maximum Gasteiger partial charge on any atom is 0.416 e. The fourth-order valence-electron chi connectivity index (χ4n) is 3.26. The number of alkyl halides is 3. The number of benzene rings is 2. The highest BCUT2D eigenvalue weighted by Crippen LogP contribution is 2.45. The average molecular weight is 305 g/mol. The van der Waals surface area contributed by atoms with Gasteiger partial charge in [0.2, 0.25) is 0 Å². The van der Waals surface area contributed by atoms with E-state index in [0.717, 1.165) is 12.5 Å². The molecule has 1 N–H and O–H groups in total. The van der Waals surface area contributed by atoms with Gasteiger partial charge in [0.05, 0.1) is 11.6 Å². The highest BCUT2D eigenvalue weighted by atomic mass is 19.4. The van der Waals surface area contributed by atoms with Crippen LogP contribution >= 0.6 is 0 Å². The summed E-state index contributed by atoms with van der Waals surface area (Å²) in [4.78, 5) is 0. The van der Waals surface area contributed by atoms with Crippen LogP contribution in [0.25, 0.3) is 0 Å². The van der Waals surface area contributed by atoms with E-state index in [-0.39, 0.29) is 11.5 Å². The van der Waals surface area contributed by atoms with Crippen molar-refractivity contribution in [3.63, 3.8) is 0 Å². The van der Waals surface area contributed by atoms with Gasteiger partial charge in [-0.05, 0) is 41.2 Å². The maximum atomic E-state index is 12.8. The Balaban J connectivity index is 1.89. The molecule has 116 valence electrons. The minimum absolute atomic E-state index is 0.0237. The van der Waals surface area contributed by atoms with Gasteiger partial charge < -0.3 is 5.32 Å². The standard InChI is InChI=1S/C18H18F3N/c1-17(2)11-16(14-8-3-4-9-15(14)17)22-13-7-5-6-12(10-13)18(19,20)21/h3-10,16,22H,11H2,1-2H3. The summed E-state index contributed by atoms with van der Waals surface area (Å²) in [6, 6.07) is 13.6. The normalized spacial score (nSPS) is 19.8. The number of fused-ring (bicyclic) bond motifs is 1. The summed E-state index contributed by atoms with van der Waals surface area (Å²) in [6.07, 6.45) is -3.45. The number of rotatable bonds is 2. The molecule has 0 bridgehead atoms. The largest absolute Gasteiger partial charge is 0.416 e. The molecule has 0 aliphatic heterocycles. The molecule has 0 fully saturated rings. The summed E-state index contributed by atoms with van der Waals surface area (Å²) in [6.45, 7) is 4.33. The van der Waals surface area contributed by atoms with Crippen LogP contribution in [0.2, 0.25) is 0 Å². The second-order valence-electron chi connectivity index (χ2n) is 6.45. The van der Waals surface area contributed by atoms with Gasteiger partial charge in [0.25, 0.3) is 0 Å². The molecule has 1 atom stereocenters. The van der Waals surface area contributed by atoms with Crippen molar-refractivity contribution in [2.75, 3.05) is 5.32 Å². The first-order valence-corrected chi connectivity index (χ1v) is 7.30. The molecule has 4 heteroatoms. The first kappa shape index (κ1) is 14.9. The van der Waals surface area contributed by atoms with Crippen LogP contribution in [0.15, 0.2) is 48.5 Å². The maximum absolute atomic E-state index is 12.8. The van der Waals surface area contributed by atoms with E-state index in [0.29, 0.717) is 5.69 Å². The van der Waals surface area contributed by atoms with Gasteiger partial charge >= 0.3 is 6.18 Å². The Hall–Kier alpha value is -1.97. The number of anilines is 1. The van der Waals surface area contributed by atoms with E-state index in [2.05, 4.69) is 31.3 Å². The van der Waals surface area contributed by atoms with Crippen molar-refractivity contribution in [2.45, 2.75) is 37.9 Å². The molecule has 2 aromatic rings. The third-order valence-electron chi connectivity index (χ3n) is 4.31. The molecule has 22 heavy (non-hydrogen) atoms. The summed E-state index contributed by atoms with van der Waals surface area (Å²) < 4.78 is 38.4. The molecule has 0 saturated carbocycles. The zero-order valence-electron chi connectivity index (χ0n) is 12.5. The minimum Gasteiger partial charge on any atom is -0.378 e. The quantitative estimate of drug-likeness (QED) is 0.768. The topological polar surface area (TPSA) is 12.0 Å². The van der Waals surface area contributed by atoms with Crippen molar-refractivity contribution in [1.29, 1.82) is 0 Å². The fraction of sp³-hybridized carbons (Fsp3) is 0.333. The second kappa shape index (κ2) is 5.04. The molecule has 1 aliphatic rings.